The number of fused-ring (bicyclic) bond motifs is 1. The van der Waals surface area contributed by atoms with Gasteiger partial charge >= 0.3 is 0 Å². The maximum atomic E-state index is 13.8. The first-order chi connectivity index (χ1) is 17.0. The van der Waals surface area contributed by atoms with E-state index in [2.05, 4.69) is 0 Å². The molecule has 0 saturated carbocycles. The maximum Gasteiger partial charge on any atom is 0.254 e. The average molecular weight is 529 g/mol. The molecule has 3 aromatic rings. The van der Waals surface area contributed by atoms with Crippen LogP contribution in [0, 0.1) is 12.7 Å². The van der Waals surface area contributed by atoms with Crippen molar-refractivity contribution in [2.24, 2.45) is 0 Å². The van der Waals surface area contributed by atoms with Gasteiger partial charge in [0, 0.05) is 27.5 Å². The second-order valence-electron chi connectivity index (χ2n) is 9.95. The Morgan fingerprint density at radius 1 is 1.19 bits per heavy atom. The molecule has 1 unspecified atom stereocenters. The highest BCUT2D eigenvalue weighted by Gasteiger charge is 2.36. The SMILES string of the molecule is Cc1cc(OCC2c3ccsc3CCN2C(=O)CN(C(=O)c2cccc(F)c2)C(C)(C)C)ccc1Cl. The van der Waals surface area contributed by atoms with E-state index in [9.17, 15) is 14.0 Å². The first-order valence-electron chi connectivity index (χ1n) is 11.9. The van der Waals surface area contributed by atoms with Gasteiger partial charge in [-0.1, -0.05) is 17.7 Å². The lowest BCUT2D eigenvalue weighted by molar-refractivity contribution is -0.136. The van der Waals surface area contributed by atoms with Gasteiger partial charge in [-0.05, 0) is 93.1 Å². The predicted octanol–water partition coefficient (Wildman–Crippen LogP) is 6.29. The molecule has 4 rings (SSSR count). The fraction of sp³-hybridized carbons (Fsp3) is 0.357. The lowest BCUT2D eigenvalue weighted by atomic mass is 9.99. The third-order valence-electron chi connectivity index (χ3n) is 6.37. The van der Waals surface area contributed by atoms with Gasteiger partial charge in [-0.25, -0.2) is 4.39 Å². The standard InChI is InChI=1S/C28H30ClFN2O3S/c1-18-14-21(8-9-23(18)29)35-17-24-22-11-13-36-25(22)10-12-31(24)26(33)16-32(28(2,3)4)27(34)19-6-5-7-20(30)15-19/h5-9,11,13-15,24H,10,12,16-17H2,1-4H3. The molecule has 0 fully saturated rings. The van der Waals surface area contributed by atoms with Gasteiger partial charge in [0.1, 0.15) is 24.7 Å². The molecule has 0 spiro atoms. The maximum absolute atomic E-state index is 13.8. The van der Waals surface area contributed by atoms with Gasteiger partial charge in [0.05, 0.1) is 6.04 Å². The van der Waals surface area contributed by atoms with Crippen molar-refractivity contribution in [3.05, 3.63) is 86.3 Å². The quantitative estimate of drug-likeness (QED) is 0.377. The number of hydrogen-bond donors (Lipinski definition) is 0. The van der Waals surface area contributed by atoms with Crippen LogP contribution in [0.1, 0.15) is 53.2 Å². The smallest absolute Gasteiger partial charge is 0.254 e. The summed E-state index contributed by atoms with van der Waals surface area (Å²) < 4.78 is 19.9. The van der Waals surface area contributed by atoms with Crippen LogP contribution >= 0.6 is 22.9 Å². The molecule has 0 N–H and O–H groups in total. The molecule has 1 atom stereocenters. The van der Waals surface area contributed by atoms with Gasteiger partial charge in [0.15, 0.2) is 0 Å². The molecule has 36 heavy (non-hydrogen) atoms. The van der Waals surface area contributed by atoms with Crippen molar-refractivity contribution >= 4 is 34.8 Å². The van der Waals surface area contributed by atoms with Gasteiger partial charge in [-0.15, -0.1) is 11.3 Å². The van der Waals surface area contributed by atoms with Crippen LogP contribution in [0.4, 0.5) is 4.39 Å². The van der Waals surface area contributed by atoms with Crippen LogP contribution in [-0.4, -0.2) is 46.8 Å². The van der Waals surface area contributed by atoms with Crippen LogP contribution in [0.5, 0.6) is 5.75 Å². The normalized spacial score (nSPS) is 15.4. The zero-order chi connectivity index (χ0) is 26.0. The van der Waals surface area contributed by atoms with Crippen molar-refractivity contribution in [1.29, 1.82) is 0 Å². The van der Waals surface area contributed by atoms with Crippen molar-refractivity contribution in [2.45, 2.75) is 45.7 Å². The Bertz CT molecular complexity index is 1270. The zero-order valence-electron chi connectivity index (χ0n) is 20.9. The van der Waals surface area contributed by atoms with Crippen LogP contribution in [0.3, 0.4) is 0 Å². The molecule has 2 amide bonds. The summed E-state index contributed by atoms with van der Waals surface area (Å²) in [7, 11) is 0. The van der Waals surface area contributed by atoms with E-state index < -0.39 is 11.4 Å². The molecule has 2 aromatic carbocycles. The van der Waals surface area contributed by atoms with E-state index in [1.807, 2.05) is 51.3 Å². The molecular weight excluding hydrogens is 499 g/mol. The number of hydrogen-bond acceptors (Lipinski definition) is 4. The largest absolute Gasteiger partial charge is 0.491 e. The van der Waals surface area contributed by atoms with E-state index >= 15 is 0 Å². The van der Waals surface area contributed by atoms with Crippen LogP contribution in [0.2, 0.25) is 5.02 Å². The second kappa shape index (κ2) is 10.6. The van der Waals surface area contributed by atoms with E-state index in [0.29, 0.717) is 17.3 Å². The van der Waals surface area contributed by atoms with Crippen molar-refractivity contribution in [2.75, 3.05) is 19.7 Å². The van der Waals surface area contributed by atoms with Crippen LogP contribution in [0.15, 0.2) is 53.9 Å². The predicted molar refractivity (Wildman–Crippen MR) is 141 cm³/mol. The van der Waals surface area contributed by atoms with E-state index in [1.165, 1.54) is 28.0 Å². The van der Waals surface area contributed by atoms with Crippen LogP contribution in [-0.2, 0) is 11.2 Å². The van der Waals surface area contributed by atoms with Crippen molar-refractivity contribution in [3.63, 3.8) is 0 Å². The molecular formula is C28H30ClFN2O3S. The minimum Gasteiger partial charge on any atom is -0.491 e. The molecule has 0 radical (unpaired) electrons. The Balaban J connectivity index is 1.57. The number of carbonyl (C=O) groups is 2. The number of carbonyl (C=O) groups excluding carboxylic acids is 2. The Kier molecular flexibility index (Phi) is 7.71. The first kappa shape index (κ1) is 26.2. The van der Waals surface area contributed by atoms with E-state index in [-0.39, 0.29) is 36.6 Å². The summed E-state index contributed by atoms with van der Waals surface area (Å²) in [6.45, 7) is 8.22. The van der Waals surface area contributed by atoms with Crippen LogP contribution in [0.25, 0.3) is 0 Å². The zero-order valence-corrected chi connectivity index (χ0v) is 22.5. The molecule has 0 aliphatic carbocycles. The molecule has 5 nitrogen and oxygen atoms in total. The topological polar surface area (TPSA) is 49.9 Å². The number of thiophene rings is 1. The van der Waals surface area contributed by atoms with Gasteiger partial charge in [0.25, 0.3) is 5.91 Å². The summed E-state index contributed by atoms with van der Waals surface area (Å²) in [6, 6.07) is 12.8. The van der Waals surface area contributed by atoms with E-state index in [1.54, 1.807) is 28.4 Å². The monoisotopic (exact) mass is 528 g/mol. The van der Waals surface area contributed by atoms with E-state index in [4.69, 9.17) is 16.3 Å². The molecule has 8 heteroatoms. The summed E-state index contributed by atoms with van der Waals surface area (Å²) in [5.74, 6) is -0.360. The summed E-state index contributed by atoms with van der Waals surface area (Å²) in [6.07, 6.45) is 0.753. The minimum absolute atomic E-state index is 0.116. The molecule has 0 saturated heterocycles. The fourth-order valence-electron chi connectivity index (χ4n) is 4.37. The molecule has 1 aliphatic rings. The molecule has 190 valence electrons. The van der Waals surface area contributed by atoms with Gasteiger partial charge < -0.3 is 14.5 Å². The molecule has 1 aromatic heterocycles. The Hall–Kier alpha value is -2.90. The number of nitrogens with zero attached hydrogens (tertiary/aromatic N) is 2. The third kappa shape index (κ3) is 5.73. The average Bonchev–Trinajstić information content (AvgIpc) is 3.31. The molecule has 1 aliphatic heterocycles. The first-order valence-corrected chi connectivity index (χ1v) is 13.1. The lowest BCUT2D eigenvalue weighted by Gasteiger charge is -2.40. The lowest BCUT2D eigenvalue weighted by Crippen LogP contribution is -2.53. The third-order valence-corrected chi connectivity index (χ3v) is 7.79. The number of halogens is 2. The number of amides is 2. The van der Waals surface area contributed by atoms with Gasteiger partial charge in [-0.2, -0.15) is 0 Å². The van der Waals surface area contributed by atoms with Crippen molar-refractivity contribution in [3.8, 4) is 5.75 Å². The van der Waals surface area contributed by atoms with Gasteiger partial charge in [-0.3, -0.25) is 9.59 Å². The summed E-state index contributed by atoms with van der Waals surface area (Å²) in [5, 5.41) is 2.70. The van der Waals surface area contributed by atoms with Crippen LogP contribution < -0.4 is 4.74 Å². The summed E-state index contributed by atoms with van der Waals surface area (Å²) in [4.78, 5) is 31.6. The van der Waals surface area contributed by atoms with Crippen molar-refractivity contribution in [1.82, 2.24) is 9.80 Å². The molecule has 2 heterocycles. The number of benzene rings is 2. The fourth-order valence-corrected chi connectivity index (χ4v) is 5.42. The molecule has 0 bridgehead atoms. The van der Waals surface area contributed by atoms with Crippen molar-refractivity contribution < 1.29 is 18.7 Å². The van der Waals surface area contributed by atoms with E-state index in [0.717, 1.165) is 17.5 Å². The second-order valence-corrected chi connectivity index (χ2v) is 11.4. The number of rotatable bonds is 6. The highest BCUT2D eigenvalue weighted by atomic mass is 35.5. The number of aryl methyl sites for hydroxylation is 1. The number of ether oxygens (including phenoxy) is 1. The summed E-state index contributed by atoms with van der Waals surface area (Å²) in [5.41, 5.74) is 1.56. The summed E-state index contributed by atoms with van der Waals surface area (Å²) >= 11 is 7.83. The Labute approximate surface area is 220 Å². The Morgan fingerprint density at radius 3 is 2.67 bits per heavy atom. The highest BCUT2D eigenvalue weighted by Crippen LogP contribution is 2.34. The highest BCUT2D eigenvalue weighted by molar-refractivity contribution is 7.10. The Morgan fingerprint density at radius 2 is 1.97 bits per heavy atom. The minimum atomic E-state index is -0.644. The van der Waals surface area contributed by atoms with Gasteiger partial charge in [0.2, 0.25) is 5.91 Å².